The van der Waals surface area contributed by atoms with Gasteiger partial charge in [-0.2, -0.15) is 4.91 Å². The molecule has 1 N–H and O–H groups in total. The van der Waals surface area contributed by atoms with Crippen LogP contribution in [0.3, 0.4) is 0 Å². The van der Waals surface area contributed by atoms with Gasteiger partial charge in [0.15, 0.2) is 0 Å². The van der Waals surface area contributed by atoms with Gasteiger partial charge in [0, 0.05) is 30.8 Å². The van der Waals surface area contributed by atoms with Crippen LogP contribution in [0.25, 0.3) is 0 Å². The van der Waals surface area contributed by atoms with Crippen LogP contribution in [0, 0.1) is 10.5 Å². The third-order valence-corrected chi connectivity index (χ3v) is 0. The van der Waals surface area contributed by atoms with Crippen molar-refractivity contribution < 1.29 is 22.4 Å². The largest absolute Gasteiger partial charge is 0.154 e. The Labute approximate surface area is 41.8 Å². The summed E-state index contributed by atoms with van der Waals surface area (Å²) in [6, 6.07) is 0. The second-order valence-electron chi connectivity index (χ2n) is 0. The molecule has 0 atom stereocenters. The van der Waals surface area contributed by atoms with Crippen molar-refractivity contribution in [1.29, 1.82) is 5.59 Å². The summed E-state index contributed by atoms with van der Waals surface area (Å²) in [5, 5.41) is 0. The van der Waals surface area contributed by atoms with Crippen LogP contribution in [-0.4, -0.2) is 8.41 Å². The number of rotatable bonds is 0. The van der Waals surface area contributed by atoms with Gasteiger partial charge in [0.25, 0.3) is 0 Å². The molecule has 0 aliphatic heterocycles. The van der Waals surface area contributed by atoms with E-state index in [4.69, 9.17) is 4.91 Å². The van der Waals surface area contributed by atoms with Crippen molar-refractivity contribution in [2.24, 2.45) is 0 Å². The Bertz CT molecular complexity index is 8.00. The summed E-state index contributed by atoms with van der Waals surface area (Å²) in [4.78, 5) is 7.50. The maximum atomic E-state index is 7.50. The Morgan fingerprint density at radius 2 is 1.25 bits per heavy atom. The Hall–Kier alpha value is 0.405. The van der Waals surface area contributed by atoms with Crippen LogP contribution in [0.1, 0.15) is 0 Å². The van der Waals surface area contributed by atoms with Crippen molar-refractivity contribution in [2.45, 2.75) is 0 Å². The topological polar surface area (TPSA) is 40.9 Å². The van der Waals surface area contributed by atoms with Gasteiger partial charge in [-0.05, 0) is 0 Å². The molecule has 0 saturated heterocycles. The molecule has 0 unspecified atom stereocenters. The molecule has 4 heavy (non-hydrogen) atoms. The molecule has 4 radical (unpaired) electrons. The Kier molecular flexibility index (Phi) is 776. The zero-order valence-corrected chi connectivity index (χ0v) is 5.15. The molecule has 0 fully saturated rings. The van der Waals surface area contributed by atoms with Crippen molar-refractivity contribution in [2.75, 3.05) is 0 Å². The molecule has 0 spiro atoms. The van der Waals surface area contributed by atoms with Crippen LogP contribution >= 0.6 is 0 Å². The van der Waals surface area contributed by atoms with Crippen LogP contribution in [0.15, 0.2) is 0 Å². The van der Waals surface area contributed by atoms with Gasteiger partial charge < -0.3 is 0 Å². The number of nitroso groups, excluding NO2 is 1. The maximum absolute atomic E-state index is 7.50. The van der Waals surface area contributed by atoms with E-state index >= 15 is 0 Å². The summed E-state index contributed by atoms with van der Waals surface area (Å²) in [6.45, 7) is 0. The summed E-state index contributed by atoms with van der Waals surface area (Å²) in [5.74, 6) is 0. The van der Waals surface area contributed by atoms with Crippen LogP contribution in [0.2, 0.25) is 0 Å². The van der Waals surface area contributed by atoms with Gasteiger partial charge in [0.2, 0.25) is 0 Å². The van der Waals surface area contributed by atoms with E-state index in [-0.39, 0.29) is 30.8 Å². The fourth-order valence-electron chi connectivity index (χ4n) is 0. The molecule has 0 aliphatic carbocycles. The van der Waals surface area contributed by atoms with Gasteiger partial charge in [-0.15, -0.1) is 0 Å². The average molecular weight is 223 g/mol. The van der Waals surface area contributed by atoms with Gasteiger partial charge >= 0.3 is 0 Å². The smallest absolute Gasteiger partial charge is 0 e. The number of nitrogens with one attached hydrogen (secondary N) is 1. The van der Waals surface area contributed by atoms with Gasteiger partial charge in [0.05, 0.1) is 0 Å². The zero-order chi connectivity index (χ0) is 2.00. The zero-order valence-electron chi connectivity index (χ0n) is 1.93. The van der Waals surface area contributed by atoms with Crippen molar-refractivity contribution in [1.82, 2.24) is 0 Å². The number of hydrogen-bond acceptors (Lipinski definition) is 2. The normalized spacial score (nSPS) is 1.00. The molecule has 0 rings (SSSR count). The van der Waals surface area contributed by atoms with E-state index in [1.807, 2.05) is 0 Å². The van der Waals surface area contributed by atoms with Crippen molar-refractivity contribution >= 4 is 8.41 Å². The molecular formula is HBNOTa. The first-order valence-corrected chi connectivity index (χ1v) is 0.204. The Balaban J connectivity index is -0.00000000500. The molecule has 0 aliphatic rings. The predicted molar refractivity (Wildman–Crippen MR) is 11.8 cm³/mol. The van der Waals surface area contributed by atoms with E-state index in [1.165, 1.54) is 0 Å². The van der Waals surface area contributed by atoms with Gasteiger partial charge in [0.1, 0.15) is 0 Å². The molecule has 20 valence electrons. The predicted octanol–water partition coefficient (Wildman–Crippen LogP) is -0.0517. The molecule has 0 aromatic rings. The molecule has 0 heterocycles. The molecule has 0 bridgehead atoms. The monoisotopic (exact) mass is 223 g/mol. The summed E-state index contributed by atoms with van der Waals surface area (Å²) in [7, 11) is 0. The molecule has 0 aromatic carbocycles. The van der Waals surface area contributed by atoms with E-state index in [1.54, 1.807) is 0 Å². The SMILES string of the molecule is N=O.[B].[Ta]. The molecule has 0 aromatic heterocycles. The van der Waals surface area contributed by atoms with Gasteiger partial charge in [-0.1, -0.05) is 5.59 Å². The van der Waals surface area contributed by atoms with Crippen LogP contribution in [0.4, 0.5) is 0 Å². The summed E-state index contributed by atoms with van der Waals surface area (Å²) in [5.41, 5.74) is 4.50. The molecule has 4 heteroatoms. The quantitative estimate of drug-likeness (QED) is 0.453. The second kappa shape index (κ2) is 120. The first-order valence-electron chi connectivity index (χ1n) is 0.204. The van der Waals surface area contributed by atoms with Crippen molar-refractivity contribution in [3.63, 3.8) is 0 Å². The van der Waals surface area contributed by atoms with E-state index in [0.29, 0.717) is 0 Å². The molecule has 0 saturated carbocycles. The third kappa shape index (κ3) is 28.9. The van der Waals surface area contributed by atoms with Gasteiger partial charge in [-0.3, -0.25) is 0 Å². The summed E-state index contributed by atoms with van der Waals surface area (Å²) in [6.07, 6.45) is 0. The minimum Gasteiger partial charge on any atom is -0.154 e. The first-order chi connectivity index (χ1) is 1.00. The average Bonchev–Trinajstić information content (AvgIpc) is 1.00. The molecule has 0 amide bonds. The Morgan fingerprint density at radius 3 is 1.25 bits per heavy atom. The summed E-state index contributed by atoms with van der Waals surface area (Å²) >= 11 is 0. The minimum atomic E-state index is 0. The molecular weight excluding hydrogens is 222 g/mol. The fraction of sp³-hybridized carbons (Fsp3) is 0. The number of hydrogen-bond donors (Lipinski definition) is 1. The first kappa shape index (κ1) is 25.9. The Morgan fingerprint density at radius 1 is 1.25 bits per heavy atom. The van der Waals surface area contributed by atoms with Crippen molar-refractivity contribution in [3.05, 3.63) is 4.91 Å². The van der Waals surface area contributed by atoms with E-state index in [2.05, 4.69) is 5.59 Å². The molecule has 2 nitrogen and oxygen atoms in total. The van der Waals surface area contributed by atoms with E-state index in [0.717, 1.165) is 0 Å². The van der Waals surface area contributed by atoms with Crippen LogP contribution < -0.4 is 0 Å². The second-order valence-corrected chi connectivity index (χ2v) is 0. The maximum Gasteiger partial charge on any atom is 0 e. The van der Waals surface area contributed by atoms with E-state index in [9.17, 15) is 0 Å². The van der Waals surface area contributed by atoms with Crippen LogP contribution in [0.5, 0.6) is 0 Å². The third-order valence-electron chi connectivity index (χ3n) is 0. The summed E-state index contributed by atoms with van der Waals surface area (Å²) < 4.78 is 0. The fourth-order valence-corrected chi connectivity index (χ4v) is 0. The van der Waals surface area contributed by atoms with Crippen molar-refractivity contribution in [3.8, 4) is 0 Å². The van der Waals surface area contributed by atoms with Crippen LogP contribution in [-0.2, 0) is 22.4 Å². The van der Waals surface area contributed by atoms with Gasteiger partial charge in [-0.25, -0.2) is 0 Å². The van der Waals surface area contributed by atoms with E-state index < -0.39 is 0 Å². The standard InChI is InChI=1S/B.HNO.Ta/c;1-2;/h;1H;. The minimum absolute atomic E-state index is 0.